The maximum absolute atomic E-state index is 11.2. The van der Waals surface area contributed by atoms with Crippen LogP contribution in [0.3, 0.4) is 0 Å². The first-order valence-electron chi connectivity index (χ1n) is 5.23. The van der Waals surface area contributed by atoms with Gasteiger partial charge in [0.2, 0.25) is 0 Å². The molecule has 0 aliphatic rings. The fourth-order valence-electron chi connectivity index (χ4n) is 1.98. The van der Waals surface area contributed by atoms with Crippen molar-refractivity contribution in [2.24, 2.45) is 0 Å². The van der Waals surface area contributed by atoms with E-state index in [-0.39, 0.29) is 0 Å². The second-order valence-electron chi connectivity index (χ2n) is 3.69. The molecule has 0 radical (unpaired) electrons. The van der Waals surface area contributed by atoms with Crippen LogP contribution < -0.4 is 0 Å². The number of hydrogen-bond donors (Lipinski definition) is 1. The number of carboxylic acids is 1. The zero-order chi connectivity index (χ0) is 12.4. The van der Waals surface area contributed by atoms with Crippen LogP contribution in [0.25, 0.3) is 22.9 Å². The van der Waals surface area contributed by atoms with Crippen LogP contribution in [0.2, 0.25) is 0 Å². The highest BCUT2D eigenvalue weighted by Crippen LogP contribution is 2.27. The van der Waals surface area contributed by atoms with E-state index in [0.717, 1.165) is 16.5 Å². The van der Waals surface area contributed by atoms with Crippen molar-refractivity contribution >= 4 is 28.9 Å². The standard InChI is InChI=1S/C15H12O2/c1-3-10-8-9-13(15(16)17)14-11(4-2)6-5-7-12(10)14/h3-9H,1-2H2,(H,16,17). The lowest BCUT2D eigenvalue weighted by Crippen LogP contribution is -1.99. The van der Waals surface area contributed by atoms with E-state index in [1.54, 1.807) is 24.3 Å². The van der Waals surface area contributed by atoms with Gasteiger partial charge in [0, 0.05) is 5.39 Å². The molecule has 0 aromatic heterocycles. The Hall–Kier alpha value is -2.35. The Morgan fingerprint density at radius 2 is 1.76 bits per heavy atom. The van der Waals surface area contributed by atoms with Crippen LogP contribution in [0.1, 0.15) is 21.5 Å². The number of carboxylic acid groups (broad SMARTS) is 1. The number of benzene rings is 2. The second kappa shape index (κ2) is 4.26. The maximum atomic E-state index is 11.2. The molecule has 0 heterocycles. The van der Waals surface area contributed by atoms with E-state index in [1.165, 1.54) is 0 Å². The average Bonchev–Trinajstić information content (AvgIpc) is 2.36. The fourth-order valence-corrected chi connectivity index (χ4v) is 1.98. The van der Waals surface area contributed by atoms with Crippen molar-refractivity contribution in [2.45, 2.75) is 0 Å². The number of fused-ring (bicyclic) bond motifs is 1. The first-order valence-corrected chi connectivity index (χ1v) is 5.23. The molecule has 0 saturated carbocycles. The van der Waals surface area contributed by atoms with Gasteiger partial charge in [-0.1, -0.05) is 49.6 Å². The molecule has 0 aliphatic carbocycles. The van der Waals surface area contributed by atoms with Crippen LogP contribution in [0.5, 0.6) is 0 Å². The molecule has 2 heteroatoms. The Kier molecular flexibility index (Phi) is 2.79. The summed E-state index contributed by atoms with van der Waals surface area (Å²) >= 11 is 0. The predicted octanol–water partition coefficient (Wildman–Crippen LogP) is 3.82. The molecule has 84 valence electrons. The Balaban J connectivity index is 3.00. The number of carbonyl (C=O) groups is 1. The fraction of sp³-hybridized carbons (Fsp3) is 0. The Morgan fingerprint density at radius 1 is 1.06 bits per heavy atom. The van der Waals surface area contributed by atoms with Gasteiger partial charge in [-0.25, -0.2) is 4.79 Å². The van der Waals surface area contributed by atoms with Crippen LogP contribution in [0.15, 0.2) is 43.5 Å². The highest BCUT2D eigenvalue weighted by molar-refractivity contribution is 6.09. The van der Waals surface area contributed by atoms with Crippen molar-refractivity contribution in [1.29, 1.82) is 0 Å². The SMILES string of the molecule is C=Cc1ccc(C(=O)O)c2c(C=C)cccc12. The predicted molar refractivity (Wildman–Crippen MR) is 71.1 cm³/mol. The van der Waals surface area contributed by atoms with E-state index in [0.29, 0.717) is 10.9 Å². The van der Waals surface area contributed by atoms with Crippen molar-refractivity contribution in [3.63, 3.8) is 0 Å². The molecule has 0 unspecified atom stereocenters. The lowest BCUT2D eigenvalue weighted by molar-refractivity contribution is 0.0699. The van der Waals surface area contributed by atoms with Crippen molar-refractivity contribution in [3.05, 3.63) is 60.2 Å². The second-order valence-corrected chi connectivity index (χ2v) is 3.69. The van der Waals surface area contributed by atoms with E-state index in [4.69, 9.17) is 0 Å². The van der Waals surface area contributed by atoms with E-state index >= 15 is 0 Å². The molecule has 0 saturated heterocycles. The zero-order valence-corrected chi connectivity index (χ0v) is 9.31. The molecule has 2 rings (SSSR count). The smallest absolute Gasteiger partial charge is 0.336 e. The molecule has 1 N–H and O–H groups in total. The summed E-state index contributed by atoms with van der Waals surface area (Å²) in [5, 5.41) is 10.8. The van der Waals surface area contributed by atoms with Crippen LogP contribution in [0.4, 0.5) is 0 Å². The molecule has 2 aromatic carbocycles. The van der Waals surface area contributed by atoms with Gasteiger partial charge in [-0.2, -0.15) is 0 Å². The van der Waals surface area contributed by atoms with Gasteiger partial charge in [0.1, 0.15) is 0 Å². The normalized spacial score (nSPS) is 10.1. The molecule has 0 amide bonds. The zero-order valence-electron chi connectivity index (χ0n) is 9.31. The summed E-state index contributed by atoms with van der Waals surface area (Å²) in [5.41, 5.74) is 2.04. The van der Waals surface area contributed by atoms with Crippen LogP contribution in [0, 0.1) is 0 Å². The van der Waals surface area contributed by atoms with Gasteiger partial charge in [-0.15, -0.1) is 0 Å². The van der Waals surface area contributed by atoms with Crippen LogP contribution in [-0.4, -0.2) is 11.1 Å². The molecule has 0 bridgehead atoms. The number of rotatable bonds is 3. The molecular weight excluding hydrogens is 212 g/mol. The average molecular weight is 224 g/mol. The molecular formula is C15H12O2. The molecule has 0 atom stereocenters. The summed E-state index contributed by atoms with van der Waals surface area (Å²) in [7, 11) is 0. The minimum atomic E-state index is -0.931. The van der Waals surface area contributed by atoms with Crippen molar-refractivity contribution < 1.29 is 9.90 Å². The summed E-state index contributed by atoms with van der Waals surface area (Å²) < 4.78 is 0. The van der Waals surface area contributed by atoms with Gasteiger partial charge >= 0.3 is 5.97 Å². The largest absolute Gasteiger partial charge is 0.478 e. The summed E-state index contributed by atoms with van der Waals surface area (Å²) in [5.74, 6) is -0.931. The van der Waals surface area contributed by atoms with Gasteiger partial charge < -0.3 is 5.11 Å². The molecule has 2 aromatic rings. The lowest BCUT2D eigenvalue weighted by atomic mass is 9.95. The number of hydrogen-bond acceptors (Lipinski definition) is 1. The molecule has 17 heavy (non-hydrogen) atoms. The van der Waals surface area contributed by atoms with E-state index in [2.05, 4.69) is 13.2 Å². The number of aromatic carboxylic acids is 1. The molecule has 0 aliphatic heterocycles. The van der Waals surface area contributed by atoms with Crippen molar-refractivity contribution in [1.82, 2.24) is 0 Å². The third-order valence-electron chi connectivity index (χ3n) is 2.78. The third-order valence-corrected chi connectivity index (χ3v) is 2.78. The van der Waals surface area contributed by atoms with Gasteiger partial charge in [0.05, 0.1) is 5.56 Å². The molecule has 0 spiro atoms. The van der Waals surface area contributed by atoms with E-state index in [1.807, 2.05) is 18.2 Å². The molecule has 0 fully saturated rings. The minimum Gasteiger partial charge on any atom is -0.478 e. The van der Waals surface area contributed by atoms with E-state index < -0.39 is 5.97 Å². The minimum absolute atomic E-state index is 0.293. The Morgan fingerprint density at radius 3 is 2.35 bits per heavy atom. The first-order chi connectivity index (χ1) is 8.19. The summed E-state index contributed by atoms with van der Waals surface area (Å²) in [6, 6.07) is 9.01. The molecule has 2 nitrogen and oxygen atoms in total. The lowest BCUT2D eigenvalue weighted by Gasteiger charge is -2.09. The Labute approximate surface area is 99.5 Å². The van der Waals surface area contributed by atoms with Gasteiger partial charge in [0.15, 0.2) is 0 Å². The van der Waals surface area contributed by atoms with Crippen LogP contribution in [-0.2, 0) is 0 Å². The topological polar surface area (TPSA) is 37.3 Å². The summed E-state index contributed by atoms with van der Waals surface area (Å²) in [6.45, 7) is 7.46. The summed E-state index contributed by atoms with van der Waals surface area (Å²) in [4.78, 5) is 11.2. The van der Waals surface area contributed by atoms with Crippen LogP contribution >= 0.6 is 0 Å². The quantitative estimate of drug-likeness (QED) is 0.860. The van der Waals surface area contributed by atoms with Crippen molar-refractivity contribution in [2.75, 3.05) is 0 Å². The monoisotopic (exact) mass is 224 g/mol. The highest BCUT2D eigenvalue weighted by atomic mass is 16.4. The van der Waals surface area contributed by atoms with Gasteiger partial charge in [-0.3, -0.25) is 0 Å². The van der Waals surface area contributed by atoms with Crippen molar-refractivity contribution in [3.8, 4) is 0 Å². The highest BCUT2D eigenvalue weighted by Gasteiger charge is 2.12. The first kappa shape index (κ1) is 11.1. The maximum Gasteiger partial charge on any atom is 0.336 e. The van der Waals surface area contributed by atoms with E-state index in [9.17, 15) is 9.90 Å². The third kappa shape index (κ3) is 1.74. The van der Waals surface area contributed by atoms with Gasteiger partial charge in [-0.05, 0) is 22.6 Å². The Bertz CT molecular complexity index is 624. The van der Waals surface area contributed by atoms with Gasteiger partial charge in [0.25, 0.3) is 0 Å². The summed E-state index contributed by atoms with van der Waals surface area (Å²) in [6.07, 6.45) is 3.39.